The number of amides is 4. The second-order valence-electron chi connectivity index (χ2n) is 5.07. The fraction of sp³-hybridized carbons (Fsp3) is 0.375. The number of carbonyl (C=O) groups excluding carboxylic acids is 4. The number of carbonyl (C=O) groups is 4. The van der Waals surface area contributed by atoms with E-state index in [4.69, 9.17) is 4.74 Å². The van der Waals surface area contributed by atoms with Crippen molar-refractivity contribution in [2.24, 2.45) is 0 Å². The summed E-state index contributed by atoms with van der Waals surface area (Å²) in [4.78, 5) is 46.5. The Bertz CT molecular complexity index is 698. The molecule has 1 rings (SSSR count). The van der Waals surface area contributed by atoms with Gasteiger partial charge in [0, 0.05) is 12.1 Å². The molecule has 0 aliphatic carbocycles. The van der Waals surface area contributed by atoms with Crippen molar-refractivity contribution in [1.82, 2.24) is 16.0 Å². The fourth-order valence-electron chi connectivity index (χ4n) is 1.78. The molecule has 9 nitrogen and oxygen atoms in total. The minimum Gasteiger partial charge on any atom is -0.451 e. The number of rotatable bonds is 8. The van der Waals surface area contributed by atoms with Gasteiger partial charge in [0.15, 0.2) is 6.10 Å². The van der Waals surface area contributed by atoms with Crippen molar-refractivity contribution in [2.75, 3.05) is 13.1 Å². The molecule has 0 bridgehead atoms. The topological polar surface area (TPSA) is 123 Å². The molecule has 0 aromatic heterocycles. The molecular formula is C16H19F2N3O6. The molecule has 0 saturated heterocycles. The van der Waals surface area contributed by atoms with Crippen LogP contribution in [0.15, 0.2) is 24.3 Å². The van der Waals surface area contributed by atoms with Gasteiger partial charge in [-0.2, -0.15) is 8.78 Å². The molecule has 0 radical (unpaired) electrons. The molecular weight excluding hydrogens is 368 g/mol. The van der Waals surface area contributed by atoms with Crippen molar-refractivity contribution in [2.45, 2.75) is 26.6 Å². The summed E-state index contributed by atoms with van der Waals surface area (Å²) < 4.78 is 33.3. The van der Waals surface area contributed by atoms with Crippen molar-refractivity contribution < 1.29 is 37.4 Å². The van der Waals surface area contributed by atoms with Crippen LogP contribution in [0.4, 0.5) is 13.6 Å². The quantitative estimate of drug-likeness (QED) is 0.567. The Balaban J connectivity index is 2.48. The van der Waals surface area contributed by atoms with Gasteiger partial charge in [-0.1, -0.05) is 6.07 Å². The summed E-state index contributed by atoms with van der Waals surface area (Å²) in [5, 5.41) is 6.52. The standard InChI is InChI=1S/C16H19F2N3O6/c1-3-19-16(25)21-13(23)9(2)26-12(22)8-20-14(24)10-5-4-6-11(7-10)27-15(17)18/h4-7,9,15H,3,8H2,1-2H3,(H,20,24)(H2,19,21,23,25)/t9-/m0/s1. The molecule has 0 aliphatic heterocycles. The van der Waals surface area contributed by atoms with Crippen LogP contribution in [0.1, 0.15) is 24.2 Å². The summed E-state index contributed by atoms with van der Waals surface area (Å²) in [6.45, 7) is -0.393. The monoisotopic (exact) mass is 387 g/mol. The molecule has 148 valence electrons. The molecule has 0 saturated carbocycles. The summed E-state index contributed by atoms with van der Waals surface area (Å²) in [5.41, 5.74) is -0.0111. The van der Waals surface area contributed by atoms with Crippen molar-refractivity contribution in [3.05, 3.63) is 29.8 Å². The molecule has 0 unspecified atom stereocenters. The SMILES string of the molecule is CCNC(=O)NC(=O)[C@H](C)OC(=O)CNC(=O)c1cccc(OC(F)F)c1. The van der Waals surface area contributed by atoms with Gasteiger partial charge in [0.1, 0.15) is 12.3 Å². The van der Waals surface area contributed by atoms with Crippen molar-refractivity contribution in [1.29, 1.82) is 0 Å². The first-order valence-electron chi connectivity index (χ1n) is 7.84. The zero-order valence-electron chi connectivity index (χ0n) is 14.6. The van der Waals surface area contributed by atoms with Gasteiger partial charge >= 0.3 is 18.6 Å². The number of hydrogen-bond acceptors (Lipinski definition) is 6. The average molecular weight is 387 g/mol. The van der Waals surface area contributed by atoms with Crippen molar-refractivity contribution in [3.8, 4) is 5.75 Å². The van der Waals surface area contributed by atoms with E-state index in [9.17, 15) is 28.0 Å². The molecule has 0 heterocycles. The highest BCUT2D eigenvalue weighted by atomic mass is 19.3. The van der Waals surface area contributed by atoms with Gasteiger partial charge in [-0.25, -0.2) is 4.79 Å². The summed E-state index contributed by atoms with van der Waals surface area (Å²) >= 11 is 0. The van der Waals surface area contributed by atoms with E-state index in [-0.39, 0.29) is 11.3 Å². The van der Waals surface area contributed by atoms with Gasteiger partial charge in [0.2, 0.25) is 0 Å². The predicted octanol–water partition coefficient (Wildman–Crippen LogP) is 0.795. The molecule has 27 heavy (non-hydrogen) atoms. The van der Waals surface area contributed by atoms with Gasteiger partial charge in [0.05, 0.1) is 0 Å². The highest BCUT2D eigenvalue weighted by Crippen LogP contribution is 2.15. The second kappa shape index (κ2) is 10.7. The Kier molecular flexibility index (Phi) is 8.63. The molecule has 0 spiro atoms. The van der Waals surface area contributed by atoms with Crippen LogP contribution in [0, 0.1) is 0 Å². The third-order valence-corrected chi connectivity index (χ3v) is 2.97. The number of hydrogen-bond donors (Lipinski definition) is 3. The minimum absolute atomic E-state index is 0.0111. The lowest BCUT2D eigenvalue weighted by molar-refractivity contribution is -0.153. The summed E-state index contributed by atoms with van der Waals surface area (Å²) in [5.74, 6) is -2.71. The first-order chi connectivity index (χ1) is 12.7. The van der Waals surface area contributed by atoms with E-state index in [2.05, 4.69) is 15.4 Å². The van der Waals surface area contributed by atoms with Crippen LogP contribution in [0.2, 0.25) is 0 Å². The second-order valence-corrected chi connectivity index (χ2v) is 5.07. The Morgan fingerprint density at radius 1 is 1.15 bits per heavy atom. The number of esters is 1. The average Bonchev–Trinajstić information content (AvgIpc) is 2.59. The number of nitrogens with one attached hydrogen (secondary N) is 3. The number of halogens is 2. The number of ether oxygens (including phenoxy) is 2. The smallest absolute Gasteiger partial charge is 0.387 e. The van der Waals surface area contributed by atoms with Crippen LogP contribution in [-0.4, -0.2) is 49.6 Å². The van der Waals surface area contributed by atoms with Crippen LogP contribution in [0.5, 0.6) is 5.75 Å². The van der Waals surface area contributed by atoms with Gasteiger partial charge in [0.25, 0.3) is 11.8 Å². The lowest BCUT2D eigenvalue weighted by Crippen LogP contribution is -2.45. The van der Waals surface area contributed by atoms with E-state index >= 15 is 0 Å². The van der Waals surface area contributed by atoms with Crippen molar-refractivity contribution >= 4 is 23.8 Å². The molecule has 4 amide bonds. The van der Waals surface area contributed by atoms with Crippen molar-refractivity contribution in [3.63, 3.8) is 0 Å². The number of urea groups is 1. The molecule has 1 atom stereocenters. The maximum absolute atomic E-state index is 12.2. The lowest BCUT2D eigenvalue weighted by atomic mass is 10.2. The van der Waals surface area contributed by atoms with Gasteiger partial charge in [-0.05, 0) is 32.0 Å². The summed E-state index contributed by atoms with van der Waals surface area (Å²) in [7, 11) is 0. The van der Waals surface area contributed by atoms with E-state index in [1.807, 2.05) is 5.32 Å². The Hall–Kier alpha value is -3.24. The van der Waals surface area contributed by atoms with E-state index in [0.717, 1.165) is 6.07 Å². The fourth-order valence-corrected chi connectivity index (χ4v) is 1.78. The Morgan fingerprint density at radius 2 is 1.85 bits per heavy atom. The van der Waals surface area contributed by atoms with Crippen LogP contribution < -0.4 is 20.7 Å². The minimum atomic E-state index is -3.04. The lowest BCUT2D eigenvalue weighted by Gasteiger charge is -2.13. The first-order valence-corrected chi connectivity index (χ1v) is 7.84. The summed E-state index contributed by atoms with van der Waals surface area (Å²) in [6, 6.07) is 4.26. The van der Waals surface area contributed by atoms with Gasteiger partial charge < -0.3 is 20.1 Å². The molecule has 0 aliphatic rings. The molecule has 11 heteroatoms. The molecule has 1 aromatic carbocycles. The molecule has 1 aromatic rings. The number of imide groups is 1. The maximum atomic E-state index is 12.2. The Morgan fingerprint density at radius 3 is 2.48 bits per heavy atom. The first kappa shape index (κ1) is 21.8. The van der Waals surface area contributed by atoms with E-state index in [1.165, 1.54) is 25.1 Å². The van der Waals surface area contributed by atoms with Crippen LogP contribution in [-0.2, 0) is 14.3 Å². The zero-order chi connectivity index (χ0) is 20.4. The molecule has 3 N–H and O–H groups in total. The zero-order valence-corrected chi connectivity index (χ0v) is 14.6. The van der Waals surface area contributed by atoms with E-state index in [0.29, 0.717) is 6.54 Å². The van der Waals surface area contributed by atoms with Crippen LogP contribution in [0.3, 0.4) is 0 Å². The number of benzene rings is 1. The normalized spacial score (nSPS) is 11.3. The van der Waals surface area contributed by atoms with E-state index in [1.54, 1.807) is 6.92 Å². The predicted molar refractivity (Wildman–Crippen MR) is 88.2 cm³/mol. The maximum Gasteiger partial charge on any atom is 0.387 e. The molecule has 0 fully saturated rings. The van der Waals surface area contributed by atoms with Gasteiger partial charge in [-0.15, -0.1) is 0 Å². The van der Waals surface area contributed by atoms with Gasteiger partial charge in [-0.3, -0.25) is 19.7 Å². The van der Waals surface area contributed by atoms with Crippen LogP contribution >= 0.6 is 0 Å². The number of alkyl halides is 2. The highest BCUT2D eigenvalue weighted by Gasteiger charge is 2.20. The third-order valence-electron chi connectivity index (χ3n) is 2.97. The third kappa shape index (κ3) is 8.12. The van der Waals surface area contributed by atoms with Crippen LogP contribution in [0.25, 0.3) is 0 Å². The largest absolute Gasteiger partial charge is 0.451 e. The highest BCUT2D eigenvalue weighted by molar-refractivity contribution is 5.98. The summed E-state index contributed by atoms with van der Waals surface area (Å²) in [6.07, 6.45) is -1.26. The Labute approximate surface area is 153 Å². The van der Waals surface area contributed by atoms with E-state index < -0.39 is 43.1 Å².